The summed E-state index contributed by atoms with van der Waals surface area (Å²) in [4.78, 5) is 23.5. The van der Waals surface area contributed by atoms with Gasteiger partial charge in [-0.1, -0.05) is 12.1 Å². The molecule has 3 N–H and O–H groups in total. The highest BCUT2D eigenvalue weighted by Crippen LogP contribution is 2.29. The number of carbonyl (C=O) groups excluding carboxylic acids is 1. The molecule has 24 heavy (non-hydrogen) atoms. The molecule has 3 aromatic rings. The van der Waals surface area contributed by atoms with Crippen LogP contribution in [0.2, 0.25) is 0 Å². The number of nitrogen functional groups attached to an aromatic ring is 1. The number of hydrogen-bond donors (Lipinski definition) is 2. The molecule has 0 saturated carbocycles. The van der Waals surface area contributed by atoms with E-state index in [0.717, 1.165) is 0 Å². The second-order valence-corrected chi connectivity index (χ2v) is 5.10. The number of nitrogens with one attached hydrogen (secondary N) is 1. The van der Waals surface area contributed by atoms with Gasteiger partial charge < -0.3 is 20.2 Å². The molecule has 0 unspecified atom stereocenters. The van der Waals surface area contributed by atoms with E-state index in [1.54, 1.807) is 43.3 Å². The molecule has 0 spiro atoms. The summed E-state index contributed by atoms with van der Waals surface area (Å²) in [5, 5.41) is 3.82. The van der Waals surface area contributed by atoms with Gasteiger partial charge in [0.25, 0.3) is 0 Å². The van der Waals surface area contributed by atoms with E-state index in [2.05, 4.69) is 5.32 Å². The third kappa shape index (κ3) is 2.94. The molecule has 6 heteroatoms. The summed E-state index contributed by atoms with van der Waals surface area (Å²) in [5.41, 5.74) is 7.34. The van der Waals surface area contributed by atoms with Crippen LogP contribution in [0.3, 0.4) is 0 Å². The Hall–Kier alpha value is -3.28. The second kappa shape index (κ2) is 6.45. The average Bonchev–Trinajstić information content (AvgIpc) is 2.59. The quantitative estimate of drug-likeness (QED) is 0.565. The number of esters is 1. The molecule has 6 nitrogen and oxygen atoms in total. The predicted octanol–water partition coefficient (Wildman–Crippen LogP) is 3.30. The summed E-state index contributed by atoms with van der Waals surface area (Å²) < 4.78 is 10.1. The summed E-state index contributed by atoms with van der Waals surface area (Å²) in [6.07, 6.45) is 0. The maximum absolute atomic E-state index is 11.9. The zero-order valence-electron chi connectivity index (χ0n) is 13.0. The van der Waals surface area contributed by atoms with Crippen LogP contribution < -0.4 is 16.7 Å². The lowest BCUT2D eigenvalue weighted by atomic mass is 10.1. The molecule has 0 fully saturated rings. The first kappa shape index (κ1) is 15.6. The van der Waals surface area contributed by atoms with Crippen LogP contribution in [0.5, 0.6) is 0 Å². The van der Waals surface area contributed by atoms with E-state index >= 15 is 0 Å². The number of ether oxygens (including phenoxy) is 1. The number of benzene rings is 2. The molecule has 0 aliphatic carbocycles. The number of nitrogens with two attached hydrogens (primary N) is 1. The van der Waals surface area contributed by atoms with E-state index in [-0.39, 0.29) is 11.7 Å². The molecule has 0 amide bonds. The Morgan fingerprint density at radius 1 is 1.17 bits per heavy atom. The highest BCUT2D eigenvalue weighted by Gasteiger charge is 2.12. The van der Waals surface area contributed by atoms with Gasteiger partial charge in [-0.15, -0.1) is 0 Å². The Morgan fingerprint density at radius 2 is 1.88 bits per heavy atom. The fraction of sp³-hybridized carbons (Fsp3) is 0.111. The van der Waals surface area contributed by atoms with Crippen LogP contribution in [0.4, 0.5) is 17.1 Å². The van der Waals surface area contributed by atoms with E-state index in [4.69, 9.17) is 14.9 Å². The third-order valence-corrected chi connectivity index (χ3v) is 3.51. The Morgan fingerprint density at radius 3 is 2.58 bits per heavy atom. The molecule has 0 atom stereocenters. The Labute approximate surface area is 137 Å². The van der Waals surface area contributed by atoms with E-state index in [1.807, 2.05) is 12.1 Å². The van der Waals surface area contributed by atoms with Gasteiger partial charge in [0.15, 0.2) is 0 Å². The van der Waals surface area contributed by atoms with Crippen molar-refractivity contribution in [2.45, 2.75) is 6.92 Å². The maximum atomic E-state index is 11.9. The van der Waals surface area contributed by atoms with Crippen molar-refractivity contribution in [2.24, 2.45) is 0 Å². The molecule has 1 heterocycles. The number of para-hydroxylation sites is 1. The highest BCUT2D eigenvalue weighted by molar-refractivity contribution is 5.97. The number of anilines is 3. The van der Waals surface area contributed by atoms with Gasteiger partial charge >= 0.3 is 11.6 Å². The Kier molecular flexibility index (Phi) is 4.20. The van der Waals surface area contributed by atoms with Gasteiger partial charge in [-0.25, -0.2) is 9.59 Å². The van der Waals surface area contributed by atoms with Crippen molar-refractivity contribution in [3.63, 3.8) is 0 Å². The monoisotopic (exact) mass is 324 g/mol. The molecule has 2 aromatic carbocycles. The molecule has 0 aliphatic heterocycles. The van der Waals surface area contributed by atoms with E-state index in [1.165, 1.54) is 0 Å². The van der Waals surface area contributed by atoms with Crippen LogP contribution in [0.15, 0.2) is 57.7 Å². The smallest absolute Gasteiger partial charge is 0.361 e. The van der Waals surface area contributed by atoms with Crippen LogP contribution in [0, 0.1) is 0 Å². The minimum absolute atomic E-state index is 0.00293. The Bertz CT molecular complexity index is 945. The molecular formula is C18H16N2O4. The van der Waals surface area contributed by atoms with Crippen molar-refractivity contribution in [3.05, 3.63) is 64.5 Å². The zero-order valence-corrected chi connectivity index (χ0v) is 13.0. The minimum atomic E-state index is -0.598. The van der Waals surface area contributed by atoms with E-state index in [9.17, 15) is 9.59 Å². The van der Waals surface area contributed by atoms with Gasteiger partial charge in [-0.2, -0.15) is 0 Å². The van der Waals surface area contributed by atoms with Gasteiger partial charge in [0, 0.05) is 11.1 Å². The summed E-state index contributed by atoms with van der Waals surface area (Å²) in [6, 6.07) is 13.8. The van der Waals surface area contributed by atoms with Crippen LogP contribution in [0.1, 0.15) is 17.3 Å². The van der Waals surface area contributed by atoms with Crippen LogP contribution in [0.25, 0.3) is 11.0 Å². The van der Waals surface area contributed by atoms with Crippen LogP contribution in [-0.2, 0) is 4.74 Å². The SMILES string of the molecule is CCOC(=O)c1ccc(Nc2c(N)c(=O)oc3ccccc23)cc1. The average molecular weight is 324 g/mol. The van der Waals surface area contributed by atoms with Crippen LogP contribution >= 0.6 is 0 Å². The van der Waals surface area contributed by atoms with Crippen molar-refractivity contribution < 1.29 is 13.9 Å². The standard InChI is InChI=1S/C18H16N2O4/c1-2-23-17(21)11-7-9-12(10-8-11)20-16-13-5-3-4-6-14(13)24-18(22)15(16)19/h3-10,20H,2,19H2,1H3. The normalized spacial score (nSPS) is 10.5. The lowest BCUT2D eigenvalue weighted by Crippen LogP contribution is -2.10. The topological polar surface area (TPSA) is 94.6 Å². The number of fused-ring (bicyclic) bond motifs is 1. The maximum Gasteiger partial charge on any atom is 0.361 e. The highest BCUT2D eigenvalue weighted by atomic mass is 16.5. The minimum Gasteiger partial charge on any atom is -0.462 e. The summed E-state index contributed by atoms with van der Waals surface area (Å²) in [5.74, 6) is -0.380. The molecule has 0 bridgehead atoms. The van der Waals surface area contributed by atoms with Crippen molar-refractivity contribution in [3.8, 4) is 0 Å². The summed E-state index contributed by atoms with van der Waals surface area (Å²) >= 11 is 0. The largest absolute Gasteiger partial charge is 0.462 e. The molecule has 3 rings (SSSR count). The number of carbonyl (C=O) groups is 1. The molecule has 0 saturated heterocycles. The molecular weight excluding hydrogens is 308 g/mol. The van der Waals surface area contributed by atoms with E-state index in [0.29, 0.717) is 34.5 Å². The molecule has 0 aliphatic rings. The lowest BCUT2D eigenvalue weighted by Gasteiger charge is -2.11. The van der Waals surface area contributed by atoms with Gasteiger partial charge in [0.2, 0.25) is 0 Å². The first-order valence-electron chi connectivity index (χ1n) is 7.45. The van der Waals surface area contributed by atoms with Crippen LogP contribution in [-0.4, -0.2) is 12.6 Å². The third-order valence-electron chi connectivity index (χ3n) is 3.51. The lowest BCUT2D eigenvalue weighted by molar-refractivity contribution is 0.0526. The number of hydrogen-bond acceptors (Lipinski definition) is 6. The molecule has 1 aromatic heterocycles. The van der Waals surface area contributed by atoms with Gasteiger partial charge in [-0.05, 0) is 43.3 Å². The first-order chi connectivity index (χ1) is 11.6. The Balaban J connectivity index is 1.97. The molecule has 122 valence electrons. The van der Waals surface area contributed by atoms with Crippen molar-refractivity contribution in [1.82, 2.24) is 0 Å². The van der Waals surface area contributed by atoms with Gasteiger partial charge in [-0.3, -0.25) is 0 Å². The van der Waals surface area contributed by atoms with Gasteiger partial charge in [0.1, 0.15) is 11.3 Å². The van der Waals surface area contributed by atoms with Crippen molar-refractivity contribution in [2.75, 3.05) is 17.7 Å². The molecule has 0 radical (unpaired) electrons. The number of rotatable bonds is 4. The summed E-state index contributed by atoms with van der Waals surface area (Å²) in [7, 11) is 0. The fourth-order valence-electron chi connectivity index (χ4n) is 2.35. The van der Waals surface area contributed by atoms with Crippen molar-refractivity contribution >= 4 is 34.0 Å². The van der Waals surface area contributed by atoms with E-state index < -0.39 is 5.63 Å². The summed E-state index contributed by atoms with van der Waals surface area (Å²) in [6.45, 7) is 2.07. The fourth-order valence-corrected chi connectivity index (χ4v) is 2.35. The first-order valence-corrected chi connectivity index (χ1v) is 7.45. The zero-order chi connectivity index (χ0) is 17.1. The van der Waals surface area contributed by atoms with Crippen molar-refractivity contribution in [1.29, 1.82) is 0 Å². The predicted molar refractivity (Wildman–Crippen MR) is 92.6 cm³/mol. The second-order valence-electron chi connectivity index (χ2n) is 5.10. The van der Waals surface area contributed by atoms with Gasteiger partial charge in [0.05, 0.1) is 17.9 Å².